The number of hydrogen-bond donors (Lipinski definition) is 1. The molecule has 0 aliphatic heterocycles. The number of nitro benzene ring substituents is 1. The fraction of sp³-hybridized carbons (Fsp3) is 0.0769. The van der Waals surface area contributed by atoms with Crippen LogP contribution in [-0.2, 0) is 0 Å². The highest BCUT2D eigenvalue weighted by molar-refractivity contribution is 9.10. The normalized spacial score (nSPS) is 10.0. The van der Waals surface area contributed by atoms with Gasteiger partial charge in [-0.05, 0) is 40.2 Å². The van der Waals surface area contributed by atoms with Gasteiger partial charge in [-0.25, -0.2) is 4.98 Å². The molecule has 0 saturated carbocycles. The number of nitrogens with one attached hydrogen (secondary N) is 1. The van der Waals surface area contributed by atoms with Crippen LogP contribution in [0.5, 0.6) is 5.75 Å². The average molecular weight is 352 g/mol. The maximum absolute atomic E-state index is 12.1. The second-order valence-corrected chi connectivity index (χ2v) is 4.78. The number of benzene rings is 1. The van der Waals surface area contributed by atoms with Gasteiger partial charge in [-0.15, -0.1) is 0 Å². The Balaban J connectivity index is 2.33. The van der Waals surface area contributed by atoms with Gasteiger partial charge in [0.15, 0.2) is 0 Å². The summed E-state index contributed by atoms with van der Waals surface area (Å²) < 4.78 is 5.43. The lowest BCUT2D eigenvalue weighted by Crippen LogP contribution is -2.15. The number of anilines is 1. The molecule has 2 aromatic rings. The van der Waals surface area contributed by atoms with E-state index in [0.717, 1.165) is 0 Å². The molecule has 108 valence electrons. The predicted octanol–water partition coefficient (Wildman–Crippen LogP) is 3.01. The first-order valence-electron chi connectivity index (χ1n) is 5.77. The van der Waals surface area contributed by atoms with E-state index in [-0.39, 0.29) is 17.1 Å². The van der Waals surface area contributed by atoms with Crippen LogP contribution in [0, 0.1) is 10.1 Å². The maximum atomic E-state index is 12.1. The quantitative estimate of drug-likeness (QED) is 0.674. The molecule has 1 aromatic carbocycles. The molecular weight excluding hydrogens is 342 g/mol. The summed E-state index contributed by atoms with van der Waals surface area (Å²) in [7, 11) is 1.41. The summed E-state index contributed by atoms with van der Waals surface area (Å²) in [5.74, 6) is -0.213. The monoisotopic (exact) mass is 351 g/mol. The van der Waals surface area contributed by atoms with Crippen molar-refractivity contribution in [3.05, 3.63) is 56.8 Å². The first kappa shape index (κ1) is 14.9. The molecule has 0 unspecified atom stereocenters. The molecule has 0 atom stereocenters. The molecule has 0 fully saturated rings. The van der Waals surface area contributed by atoms with Gasteiger partial charge in [-0.3, -0.25) is 14.9 Å². The van der Waals surface area contributed by atoms with Crippen LogP contribution >= 0.6 is 15.9 Å². The maximum Gasteiger partial charge on any atom is 0.296 e. The zero-order valence-electron chi connectivity index (χ0n) is 10.9. The molecule has 1 amide bonds. The summed E-state index contributed by atoms with van der Waals surface area (Å²) in [6.45, 7) is 0. The van der Waals surface area contributed by atoms with Crippen LogP contribution in [0.25, 0.3) is 0 Å². The van der Waals surface area contributed by atoms with Crippen LogP contribution in [0.15, 0.2) is 41.0 Å². The van der Waals surface area contributed by atoms with Crippen molar-refractivity contribution in [1.82, 2.24) is 4.98 Å². The van der Waals surface area contributed by atoms with Crippen molar-refractivity contribution in [2.45, 2.75) is 0 Å². The number of rotatable bonds is 4. The minimum Gasteiger partial charge on any atom is -0.496 e. The third-order valence-electron chi connectivity index (χ3n) is 2.62. The van der Waals surface area contributed by atoms with Gasteiger partial charge >= 0.3 is 0 Å². The van der Waals surface area contributed by atoms with Gasteiger partial charge in [-0.2, -0.15) is 0 Å². The summed E-state index contributed by atoms with van der Waals surface area (Å²) in [6.07, 6.45) is 1.46. The van der Waals surface area contributed by atoms with Crippen LogP contribution in [0.3, 0.4) is 0 Å². The van der Waals surface area contributed by atoms with Gasteiger partial charge < -0.3 is 10.1 Å². The highest BCUT2D eigenvalue weighted by atomic mass is 79.9. The third kappa shape index (κ3) is 3.34. The Morgan fingerprint density at radius 2 is 2.19 bits per heavy atom. The number of hydrogen-bond acceptors (Lipinski definition) is 5. The molecule has 1 aromatic heterocycles. The molecular formula is C13H10BrN3O4. The van der Waals surface area contributed by atoms with Crippen molar-refractivity contribution >= 4 is 33.2 Å². The fourth-order valence-electron chi connectivity index (χ4n) is 1.63. The Kier molecular flexibility index (Phi) is 4.49. The number of aromatic nitrogens is 1. The van der Waals surface area contributed by atoms with Crippen LogP contribution in [0.2, 0.25) is 0 Å². The number of carbonyl (C=O) groups is 1. The summed E-state index contributed by atoms with van der Waals surface area (Å²) in [4.78, 5) is 26.5. The highest BCUT2D eigenvalue weighted by Gasteiger charge is 2.19. The van der Waals surface area contributed by atoms with Gasteiger partial charge in [0.05, 0.1) is 18.1 Å². The minimum absolute atomic E-state index is 0.0725. The molecule has 8 heteroatoms. The number of amides is 1. The van der Waals surface area contributed by atoms with Crippen LogP contribution in [-0.4, -0.2) is 22.9 Å². The van der Waals surface area contributed by atoms with Crippen molar-refractivity contribution in [2.24, 2.45) is 0 Å². The highest BCUT2D eigenvalue weighted by Crippen LogP contribution is 2.29. The molecule has 0 saturated heterocycles. The molecule has 1 heterocycles. The van der Waals surface area contributed by atoms with Gasteiger partial charge in [0.2, 0.25) is 0 Å². The van der Waals surface area contributed by atoms with E-state index in [9.17, 15) is 14.9 Å². The van der Waals surface area contributed by atoms with E-state index in [4.69, 9.17) is 4.74 Å². The van der Waals surface area contributed by atoms with Crippen molar-refractivity contribution in [1.29, 1.82) is 0 Å². The standard InChI is InChI=1S/C13H10BrN3O4/c1-21-8-4-5-10(11(7-8)17(19)20)16-13(18)12-9(14)3-2-6-15-12/h2-7H,1H3,(H,16,18). The molecule has 0 aliphatic rings. The molecule has 0 spiro atoms. The minimum atomic E-state index is -0.592. The van der Waals surface area contributed by atoms with Crippen molar-refractivity contribution in [3.8, 4) is 5.75 Å². The van der Waals surface area contributed by atoms with E-state index in [1.54, 1.807) is 12.1 Å². The number of pyridine rings is 1. The number of carbonyl (C=O) groups excluding carboxylic acids is 1. The molecule has 0 aliphatic carbocycles. The first-order chi connectivity index (χ1) is 10.0. The lowest BCUT2D eigenvalue weighted by Gasteiger charge is -2.08. The second kappa shape index (κ2) is 6.31. The van der Waals surface area contributed by atoms with Crippen molar-refractivity contribution < 1.29 is 14.5 Å². The average Bonchev–Trinajstić information content (AvgIpc) is 2.47. The largest absolute Gasteiger partial charge is 0.496 e. The van der Waals surface area contributed by atoms with Crippen molar-refractivity contribution in [2.75, 3.05) is 12.4 Å². The zero-order chi connectivity index (χ0) is 15.4. The van der Waals surface area contributed by atoms with E-state index in [1.807, 2.05) is 0 Å². The van der Waals surface area contributed by atoms with E-state index in [1.165, 1.54) is 31.5 Å². The smallest absolute Gasteiger partial charge is 0.296 e. The summed E-state index contributed by atoms with van der Waals surface area (Å²) in [5.41, 5.74) is -0.0410. The predicted molar refractivity (Wildman–Crippen MR) is 79.5 cm³/mol. The summed E-state index contributed by atoms with van der Waals surface area (Å²) in [5, 5.41) is 13.5. The first-order valence-corrected chi connectivity index (χ1v) is 6.56. The fourth-order valence-corrected chi connectivity index (χ4v) is 2.06. The zero-order valence-corrected chi connectivity index (χ0v) is 12.5. The number of nitrogens with zero attached hydrogens (tertiary/aromatic N) is 2. The van der Waals surface area contributed by atoms with Gasteiger partial charge in [0.1, 0.15) is 17.1 Å². The van der Waals surface area contributed by atoms with E-state index < -0.39 is 10.8 Å². The molecule has 1 N–H and O–H groups in total. The Morgan fingerprint density at radius 1 is 1.43 bits per heavy atom. The van der Waals surface area contributed by atoms with Crippen LogP contribution in [0.1, 0.15) is 10.5 Å². The van der Waals surface area contributed by atoms with Crippen molar-refractivity contribution in [3.63, 3.8) is 0 Å². The summed E-state index contributed by atoms with van der Waals surface area (Å²) in [6, 6.07) is 7.49. The molecule has 0 bridgehead atoms. The van der Waals surface area contributed by atoms with E-state index in [2.05, 4.69) is 26.2 Å². The molecule has 7 nitrogen and oxygen atoms in total. The van der Waals surface area contributed by atoms with Crippen LogP contribution < -0.4 is 10.1 Å². The Hall–Kier alpha value is -2.48. The second-order valence-electron chi connectivity index (χ2n) is 3.93. The SMILES string of the molecule is COc1ccc(NC(=O)c2ncccc2Br)c([N+](=O)[O-])c1. The number of nitro groups is 1. The summed E-state index contributed by atoms with van der Waals surface area (Å²) >= 11 is 3.20. The Bertz CT molecular complexity index is 706. The molecule has 2 rings (SSSR count). The van der Waals surface area contributed by atoms with Crippen LogP contribution in [0.4, 0.5) is 11.4 Å². The van der Waals surface area contributed by atoms with Gasteiger partial charge in [0, 0.05) is 10.7 Å². The molecule has 0 radical (unpaired) electrons. The lowest BCUT2D eigenvalue weighted by molar-refractivity contribution is -0.384. The Morgan fingerprint density at radius 3 is 2.81 bits per heavy atom. The Labute approximate surface area is 128 Å². The third-order valence-corrected chi connectivity index (χ3v) is 3.26. The number of methoxy groups -OCH3 is 1. The van der Waals surface area contributed by atoms with E-state index in [0.29, 0.717) is 10.2 Å². The number of ether oxygens (including phenoxy) is 1. The lowest BCUT2D eigenvalue weighted by atomic mass is 10.2. The number of halogens is 1. The topological polar surface area (TPSA) is 94.4 Å². The molecule has 21 heavy (non-hydrogen) atoms. The van der Waals surface area contributed by atoms with Gasteiger partial charge in [-0.1, -0.05) is 0 Å². The van der Waals surface area contributed by atoms with E-state index >= 15 is 0 Å². The van der Waals surface area contributed by atoms with Gasteiger partial charge in [0.25, 0.3) is 11.6 Å².